The van der Waals surface area contributed by atoms with Gasteiger partial charge in [-0.2, -0.15) is 0 Å². The highest BCUT2D eigenvalue weighted by molar-refractivity contribution is 5.87. The average molecular weight is 380 g/mol. The Kier molecular flexibility index (Phi) is 6.81. The van der Waals surface area contributed by atoms with E-state index in [0.29, 0.717) is 13.1 Å². The van der Waals surface area contributed by atoms with Gasteiger partial charge in [0.2, 0.25) is 5.91 Å². The van der Waals surface area contributed by atoms with Crippen molar-refractivity contribution in [2.45, 2.75) is 19.1 Å². The van der Waals surface area contributed by atoms with Crippen LogP contribution >= 0.6 is 0 Å². The number of carbonyl (C=O) groups is 2. The molecule has 2 N–H and O–H groups in total. The summed E-state index contributed by atoms with van der Waals surface area (Å²) in [5.74, 6) is -0.319. The number of aliphatic hydroxyl groups excluding tert-OH is 1. The molecule has 6 nitrogen and oxygen atoms in total. The van der Waals surface area contributed by atoms with Crippen molar-refractivity contribution in [1.82, 2.24) is 10.2 Å². The van der Waals surface area contributed by atoms with Gasteiger partial charge in [-0.05, 0) is 23.1 Å². The van der Waals surface area contributed by atoms with Gasteiger partial charge in [-0.15, -0.1) is 0 Å². The van der Waals surface area contributed by atoms with Crippen molar-refractivity contribution in [2.75, 3.05) is 19.7 Å². The molecule has 146 valence electrons. The van der Waals surface area contributed by atoms with Crippen LogP contribution in [-0.4, -0.2) is 47.7 Å². The zero-order chi connectivity index (χ0) is 19.8. The Hall–Kier alpha value is -3.12. The van der Waals surface area contributed by atoms with Gasteiger partial charge in [0.1, 0.15) is 12.6 Å². The van der Waals surface area contributed by atoms with Crippen LogP contribution in [0.1, 0.15) is 17.5 Å². The summed E-state index contributed by atoms with van der Waals surface area (Å²) in [7, 11) is 0. The first-order valence-electron chi connectivity index (χ1n) is 9.28. The predicted molar refractivity (Wildman–Crippen MR) is 106 cm³/mol. The SMILES string of the molecule is O=C(NC(CO)C(=O)N1CCC=C(c2ccccc2)C1)OCc1ccccc1. The lowest BCUT2D eigenvalue weighted by atomic mass is 10.0. The standard InChI is InChI=1S/C22H24N2O4/c25-15-20(23-22(27)28-16-17-8-3-1-4-9-17)21(26)24-13-7-12-19(14-24)18-10-5-2-6-11-18/h1-6,8-12,20,25H,7,13-16H2,(H,23,27). The highest BCUT2D eigenvalue weighted by Gasteiger charge is 2.27. The second kappa shape index (κ2) is 9.71. The number of hydrogen-bond acceptors (Lipinski definition) is 4. The average Bonchev–Trinajstić information content (AvgIpc) is 2.77. The minimum atomic E-state index is -1.03. The third-order valence-electron chi connectivity index (χ3n) is 4.59. The molecule has 2 aromatic carbocycles. The van der Waals surface area contributed by atoms with Crippen LogP contribution in [0.15, 0.2) is 66.7 Å². The molecule has 0 saturated heterocycles. The van der Waals surface area contributed by atoms with E-state index in [-0.39, 0.29) is 12.5 Å². The van der Waals surface area contributed by atoms with E-state index in [0.717, 1.165) is 23.1 Å². The molecule has 0 aromatic heterocycles. The van der Waals surface area contributed by atoms with E-state index < -0.39 is 18.7 Å². The summed E-state index contributed by atoms with van der Waals surface area (Å²) in [6.45, 7) is 0.607. The monoisotopic (exact) mass is 380 g/mol. The summed E-state index contributed by atoms with van der Waals surface area (Å²) in [4.78, 5) is 26.5. The van der Waals surface area contributed by atoms with Crippen molar-refractivity contribution < 1.29 is 19.4 Å². The van der Waals surface area contributed by atoms with Gasteiger partial charge in [0.25, 0.3) is 0 Å². The second-order valence-corrected chi connectivity index (χ2v) is 6.59. The lowest BCUT2D eigenvalue weighted by Gasteiger charge is -2.30. The molecular weight excluding hydrogens is 356 g/mol. The maximum Gasteiger partial charge on any atom is 0.408 e. The van der Waals surface area contributed by atoms with Gasteiger partial charge in [-0.3, -0.25) is 4.79 Å². The summed E-state index contributed by atoms with van der Waals surface area (Å²) < 4.78 is 5.15. The molecule has 2 aromatic rings. The minimum Gasteiger partial charge on any atom is -0.445 e. The van der Waals surface area contributed by atoms with E-state index in [4.69, 9.17) is 4.74 Å². The molecular formula is C22H24N2O4. The third-order valence-corrected chi connectivity index (χ3v) is 4.59. The topological polar surface area (TPSA) is 78.9 Å². The normalized spacial score (nSPS) is 14.8. The van der Waals surface area contributed by atoms with E-state index in [2.05, 4.69) is 11.4 Å². The van der Waals surface area contributed by atoms with Crippen LogP contribution in [0.2, 0.25) is 0 Å². The first kappa shape index (κ1) is 19.6. The first-order chi connectivity index (χ1) is 13.7. The fourth-order valence-electron chi connectivity index (χ4n) is 3.11. The van der Waals surface area contributed by atoms with Crippen LogP contribution in [0.25, 0.3) is 5.57 Å². The van der Waals surface area contributed by atoms with E-state index in [1.807, 2.05) is 60.7 Å². The molecule has 1 unspecified atom stereocenters. The number of amides is 2. The highest BCUT2D eigenvalue weighted by atomic mass is 16.5. The fourth-order valence-corrected chi connectivity index (χ4v) is 3.11. The molecule has 1 aliphatic rings. The number of rotatable bonds is 6. The van der Waals surface area contributed by atoms with Crippen LogP contribution in [-0.2, 0) is 16.1 Å². The van der Waals surface area contributed by atoms with Gasteiger partial charge < -0.3 is 20.1 Å². The first-order valence-corrected chi connectivity index (χ1v) is 9.28. The van der Waals surface area contributed by atoms with Gasteiger partial charge >= 0.3 is 6.09 Å². The lowest BCUT2D eigenvalue weighted by Crippen LogP contribution is -2.51. The van der Waals surface area contributed by atoms with Crippen LogP contribution in [0.3, 0.4) is 0 Å². The molecule has 2 amide bonds. The number of hydrogen-bond donors (Lipinski definition) is 2. The summed E-state index contributed by atoms with van der Waals surface area (Å²) in [6.07, 6.45) is 2.12. The number of alkyl carbamates (subject to hydrolysis) is 1. The van der Waals surface area contributed by atoms with Crippen LogP contribution in [0, 0.1) is 0 Å². The number of nitrogens with zero attached hydrogens (tertiary/aromatic N) is 1. The van der Waals surface area contributed by atoms with Crippen molar-refractivity contribution in [1.29, 1.82) is 0 Å². The highest BCUT2D eigenvalue weighted by Crippen LogP contribution is 2.21. The largest absolute Gasteiger partial charge is 0.445 e. The summed E-state index contributed by atoms with van der Waals surface area (Å²) in [6, 6.07) is 18.1. The molecule has 3 rings (SSSR count). The van der Waals surface area contributed by atoms with Crippen molar-refractivity contribution in [2.24, 2.45) is 0 Å². The second-order valence-electron chi connectivity index (χ2n) is 6.59. The maximum absolute atomic E-state index is 12.8. The maximum atomic E-state index is 12.8. The number of ether oxygens (including phenoxy) is 1. The van der Waals surface area contributed by atoms with Gasteiger partial charge in [-0.25, -0.2) is 4.79 Å². The summed E-state index contributed by atoms with van der Waals surface area (Å²) >= 11 is 0. The zero-order valence-electron chi connectivity index (χ0n) is 15.6. The van der Waals surface area contributed by atoms with Crippen LogP contribution in [0.4, 0.5) is 4.79 Å². The van der Waals surface area contributed by atoms with E-state index in [1.54, 1.807) is 4.90 Å². The lowest BCUT2D eigenvalue weighted by molar-refractivity contribution is -0.133. The predicted octanol–water partition coefficient (Wildman–Crippen LogP) is 2.59. The van der Waals surface area contributed by atoms with Crippen molar-refractivity contribution in [3.63, 3.8) is 0 Å². The number of carbonyl (C=O) groups excluding carboxylic acids is 2. The molecule has 1 aliphatic heterocycles. The Morgan fingerprint density at radius 1 is 1.07 bits per heavy atom. The Balaban J connectivity index is 1.55. The number of benzene rings is 2. The number of aliphatic hydroxyl groups is 1. The van der Waals surface area contributed by atoms with Gasteiger partial charge in [0, 0.05) is 13.1 Å². The van der Waals surface area contributed by atoms with Crippen molar-refractivity contribution in [3.8, 4) is 0 Å². The molecule has 1 heterocycles. The van der Waals surface area contributed by atoms with Gasteiger partial charge in [-0.1, -0.05) is 66.7 Å². The quantitative estimate of drug-likeness (QED) is 0.807. The van der Waals surface area contributed by atoms with Gasteiger partial charge in [0.05, 0.1) is 6.61 Å². The zero-order valence-corrected chi connectivity index (χ0v) is 15.6. The molecule has 0 spiro atoms. The number of nitrogens with one attached hydrogen (secondary N) is 1. The summed E-state index contributed by atoms with van der Waals surface area (Å²) in [5, 5.41) is 12.1. The molecule has 1 atom stereocenters. The molecule has 6 heteroatoms. The molecule has 0 radical (unpaired) electrons. The Labute approximate surface area is 164 Å². The minimum absolute atomic E-state index is 0.101. The van der Waals surface area contributed by atoms with Crippen molar-refractivity contribution >= 4 is 17.6 Å². The van der Waals surface area contributed by atoms with E-state index in [9.17, 15) is 14.7 Å². The Morgan fingerprint density at radius 2 is 1.75 bits per heavy atom. The molecule has 0 saturated carbocycles. The smallest absolute Gasteiger partial charge is 0.408 e. The van der Waals surface area contributed by atoms with Crippen LogP contribution < -0.4 is 5.32 Å². The van der Waals surface area contributed by atoms with Crippen LogP contribution in [0.5, 0.6) is 0 Å². The van der Waals surface area contributed by atoms with Crippen molar-refractivity contribution in [3.05, 3.63) is 77.9 Å². The summed E-state index contributed by atoms with van der Waals surface area (Å²) in [5.41, 5.74) is 2.97. The Bertz CT molecular complexity index is 821. The third kappa shape index (κ3) is 5.20. The van der Waals surface area contributed by atoms with E-state index >= 15 is 0 Å². The van der Waals surface area contributed by atoms with E-state index in [1.165, 1.54) is 0 Å². The molecule has 0 bridgehead atoms. The Morgan fingerprint density at radius 3 is 2.43 bits per heavy atom. The van der Waals surface area contributed by atoms with Gasteiger partial charge in [0.15, 0.2) is 0 Å². The molecule has 0 fully saturated rings. The molecule has 0 aliphatic carbocycles. The molecule has 28 heavy (non-hydrogen) atoms. The fraction of sp³-hybridized carbons (Fsp3) is 0.273.